The predicted octanol–water partition coefficient (Wildman–Crippen LogP) is 2.04. The molecule has 7 heteroatoms. The Labute approximate surface area is 158 Å². The van der Waals surface area contributed by atoms with E-state index in [4.69, 9.17) is 9.72 Å². The van der Waals surface area contributed by atoms with Crippen molar-refractivity contribution in [2.75, 3.05) is 18.1 Å². The summed E-state index contributed by atoms with van der Waals surface area (Å²) in [6.45, 7) is 2.76. The zero-order valence-corrected chi connectivity index (χ0v) is 15.5. The van der Waals surface area contributed by atoms with Crippen LogP contribution in [0.3, 0.4) is 0 Å². The molecule has 2 fully saturated rings. The average Bonchev–Trinajstić information content (AvgIpc) is 3.09. The lowest BCUT2D eigenvalue weighted by Gasteiger charge is -2.28. The van der Waals surface area contributed by atoms with E-state index in [0.717, 1.165) is 48.7 Å². The second-order valence-electron chi connectivity index (χ2n) is 7.83. The first-order valence-electron chi connectivity index (χ1n) is 10.1. The van der Waals surface area contributed by atoms with Crippen molar-refractivity contribution in [2.45, 2.75) is 63.6 Å². The van der Waals surface area contributed by atoms with Gasteiger partial charge < -0.3 is 9.64 Å². The summed E-state index contributed by atoms with van der Waals surface area (Å²) in [6.07, 6.45) is 8.51. The fourth-order valence-electron chi connectivity index (χ4n) is 4.30. The SMILES string of the molecule is O=c1cc2c(nn1CC1CCCN1c1ccnc(C3CCC3)n1)CCOC2. The van der Waals surface area contributed by atoms with Crippen LogP contribution in [-0.2, 0) is 24.3 Å². The first-order valence-corrected chi connectivity index (χ1v) is 10.1. The van der Waals surface area contributed by atoms with Gasteiger partial charge in [-0.1, -0.05) is 6.42 Å². The Morgan fingerprint density at radius 2 is 2.15 bits per heavy atom. The summed E-state index contributed by atoms with van der Waals surface area (Å²) >= 11 is 0. The van der Waals surface area contributed by atoms with Gasteiger partial charge in [0, 0.05) is 36.7 Å². The highest BCUT2D eigenvalue weighted by atomic mass is 16.5. The Morgan fingerprint density at radius 3 is 3.00 bits per heavy atom. The molecular formula is C20H25N5O2. The largest absolute Gasteiger partial charge is 0.376 e. The summed E-state index contributed by atoms with van der Waals surface area (Å²) in [6, 6.07) is 3.94. The molecule has 0 spiro atoms. The molecule has 2 aromatic rings. The van der Waals surface area contributed by atoms with Crippen molar-refractivity contribution in [1.82, 2.24) is 19.7 Å². The normalized spacial score (nSPS) is 22.5. The Hall–Kier alpha value is -2.28. The fourth-order valence-corrected chi connectivity index (χ4v) is 4.30. The molecule has 1 unspecified atom stereocenters. The predicted molar refractivity (Wildman–Crippen MR) is 101 cm³/mol. The molecule has 0 radical (unpaired) electrons. The average molecular weight is 367 g/mol. The van der Waals surface area contributed by atoms with Gasteiger partial charge in [0.25, 0.3) is 5.56 Å². The van der Waals surface area contributed by atoms with Crippen LogP contribution >= 0.6 is 0 Å². The van der Waals surface area contributed by atoms with Gasteiger partial charge in [0.15, 0.2) is 0 Å². The van der Waals surface area contributed by atoms with Gasteiger partial charge in [-0.3, -0.25) is 4.79 Å². The van der Waals surface area contributed by atoms with Gasteiger partial charge >= 0.3 is 0 Å². The topological polar surface area (TPSA) is 73.1 Å². The standard InChI is InChI=1S/C20H25N5O2/c26-19-11-15-13-27-10-7-17(15)23-25(19)12-16-5-2-9-24(16)18-6-8-21-20(22-18)14-3-1-4-14/h6,8,11,14,16H,1-5,7,9-10,12-13H2. The Morgan fingerprint density at radius 1 is 1.22 bits per heavy atom. The van der Waals surface area contributed by atoms with Crippen LogP contribution in [0.5, 0.6) is 0 Å². The van der Waals surface area contributed by atoms with E-state index in [0.29, 0.717) is 25.7 Å². The molecule has 0 amide bonds. The minimum atomic E-state index is -0.0380. The number of anilines is 1. The molecule has 0 bridgehead atoms. The van der Waals surface area contributed by atoms with E-state index in [1.807, 2.05) is 12.3 Å². The number of hydrogen-bond donors (Lipinski definition) is 0. The third-order valence-corrected chi connectivity index (χ3v) is 6.09. The number of hydrogen-bond acceptors (Lipinski definition) is 6. The number of rotatable bonds is 4. The van der Waals surface area contributed by atoms with Crippen molar-refractivity contribution in [3.63, 3.8) is 0 Å². The summed E-state index contributed by atoms with van der Waals surface area (Å²) in [5.74, 6) is 2.50. The smallest absolute Gasteiger partial charge is 0.267 e. The maximum atomic E-state index is 12.5. The Balaban J connectivity index is 1.38. The molecule has 1 saturated carbocycles. The van der Waals surface area contributed by atoms with Crippen LogP contribution in [0.4, 0.5) is 5.82 Å². The summed E-state index contributed by atoms with van der Waals surface area (Å²) in [7, 11) is 0. The lowest BCUT2D eigenvalue weighted by Crippen LogP contribution is -2.38. The lowest BCUT2D eigenvalue weighted by molar-refractivity contribution is 0.108. The number of nitrogens with zero attached hydrogens (tertiary/aromatic N) is 5. The molecule has 27 heavy (non-hydrogen) atoms. The molecule has 2 aliphatic heterocycles. The summed E-state index contributed by atoms with van der Waals surface area (Å²) in [4.78, 5) is 24.2. The highest BCUT2D eigenvalue weighted by molar-refractivity contribution is 5.40. The quantitative estimate of drug-likeness (QED) is 0.823. The van der Waals surface area contributed by atoms with E-state index < -0.39 is 0 Å². The van der Waals surface area contributed by atoms with Gasteiger partial charge in [-0.05, 0) is 31.7 Å². The van der Waals surface area contributed by atoms with Crippen LogP contribution < -0.4 is 10.5 Å². The lowest BCUT2D eigenvalue weighted by atomic mass is 9.85. The van der Waals surface area contributed by atoms with Gasteiger partial charge in [-0.25, -0.2) is 14.6 Å². The number of aromatic nitrogens is 4. The monoisotopic (exact) mass is 367 g/mol. The van der Waals surface area contributed by atoms with Gasteiger partial charge in [-0.2, -0.15) is 5.10 Å². The highest BCUT2D eigenvalue weighted by Crippen LogP contribution is 2.35. The second-order valence-corrected chi connectivity index (χ2v) is 7.83. The Kier molecular flexibility index (Phi) is 4.39. The van der Waals surface area contributed by atoms with Crippen LogP contribution in [0, 0.1) is 0 Å². The maximum Gasteiger partial charge on any atom is 0.267 e. The summed E-state index contributed by atoms with van der Waals surface area (Å²) < 4.78 is 7.07. The molecule has 1 saturated heterocycles. The van der Waals surface area contributed by atoms with Crippen molar-refractivity contribution in [1.29, 1.82) is 0 Å². The second kappa shape index (κ2) is 7.03. The summed E-state index contributed by atoms with van der Waals surface area (Å²) in [5, 5.41) is 4.64. The van der Waals surface area contributed by atoms with Crippen molar-refractivity contribution < 1.29 is 4.74 Å². The number of ether oxygens (including phenoxy) is 1. The van der Waals surface area contributed by atoms with E-state index in [-0.39, 0.29) is 11.6 Å². The molecule has 142 valence electrons. The van der Waals surface area contributed by atoms with Gasteiger partial charge in [0.2, 0.25) is 0 Å². The van der Waals surface area contributed by atoms with E-state index in [9.17, 15) is 4.79 Å². The van der Waals surface area contributed by atoms with E-state index in [1.54, 1.807) is 10.7 Å². The minimum Gasteiger partial charge on any atom is -0.376 e. The number of fused-ring (bicyclic) bond motifs is 1. The van der Waals surface area contributed by atoms with E-state index >= 15 is 0 Å². The molecule has 3 aliphatic rings. The minimum absolute atomic E-state index is 0.0380. The zero-order chi connectivity index (χ0) is 18.2. The van der Waals surface area contributed by atoms with Crippen molar-refractivity contribution in [2.24, 2.45) is 0 Å². The van der Waals surface area contributed by atoms with Crippen LogP contribution in [0.25, 0.3) is 0 Å². The molecule has 5 rings (SSSR count). The third-order valence-electron chi connectivity index (χ3n) is 6.09. The van der Waals surface area contributed by atoms with Crippen molar-refractivity contribution in [3.8, 4) is 0 Å². The Bertz CT molecular complexity index is 892. The molecule has 2 aromatic heterocycles. The molecule has 1 aliphatic carbocycles. The van der Waals surface area contributed by atoms with Crippen molar-refractivity contribution >= 4 is 5.82 Å². The maximum absolute atomic E-state index is 12.5. The highest BCUT2D eigenvalue weighted by Gasteiger charge is 2.29. The van der Waals surface area contributed by atoms with E-state index in [2.05, 4.69) is 15.0 Å². The van der Waals surface area contributed by atoms with Crippen LogP contribution in [-0.4, -0.2) is 38.9 Å². The van der Waals surface area contributed by atoms with Crippen LogP contribution in [0.15, 0.2) is 23.1 Å². The molecule has 1 atom stereocenters. The first kappa shape index (κ1) is 16.9. The molecule has 0 N–H and O–H groups in total. The van der Waals surface area contributed by atoms with Crippen LogP contribution in [0.2, 0.25) is 0 Å². The van der Waals surface area contributed by atoms with Gasteiger partial charge in [0.05, 0.1) is 31.5 Å². The first-order chi connectivity index (χ1) is 13.3. The summed E-state index contributed by atoms with van der Waals surface area (Å²) in [5.41, 5.74) is 1.90. The van der Waals surface area contributed by atoms with Crippen LogP contribution in [0.1, 0.15) is 55.1 Å². The van der Waals surface area contributed by atoms with Gasteiger partial charge in [-0.15, -0.1) is 0 Å². The van der Waals surface area contributed by atoms with E-state index in [1.165, 1.54) is 19.3 Å². The fraction of sp³-hybridized carbons (Fsp3) is 0.600. The molecule has 0 aromatic carbocycles. The zero-order valence-electron chi connectivity index (χ0n) is 15.5. The van der Waals surface area contributed by atoms with Gasteiger partial charge in [0.1, 0.15) is 11.6 Å². The van der Waals surface area contributed by atoms with Crippen molar-refractivity contribution in [3.05, 3.63) is 45.8 Å². The molecular weight excluding hydrogens is 342 g/mol. The third kappa shape index (κ3) is 3.25. The molecule has 7 nitrogen and oxygen atoms in total. The molecule has 4 heterocycles.